The molecule has 0 heterocycles. The highest BCUT2D eigenvalue weighted by Crippen LogP contribution is 2.16. The summed E-state index contributed by atoms with van der Waals surface area (Å²) in [5.74, 6) is 0.794. The van der Waals surface area contributed by atoms with Crippen molar-refractivity contribution in [2.24, 2.45) is 5.92 Å². The molecule has 0 N–H and O–H groups in total. The second-order valence-corrected chi connectivity index (χ2v) is 3.31. The van der Waals surface area contributed by atoms with Crippen LogP contribution < -0.4 is 0 Å². The Balaban J connectivity index is 3.46. The molecule has 0 aromatic rings. The molecule has 72 valence electrons. The first-order valence-electron chi connectivity index (χ1n) is 4.95. The molecule has 1 nitrogen and oxygen atoms in total. The summed E-state index contributed by atoms with van der Waals surface area (Å²) >= 11 is 0. The number of methoxy groups -OCH3 is 1. The Labute approximate surface area is 76.8 Å². The Hall–Kier alpha value is -0.300. The maximum absolute atomic E-state index is 5.06. The van der Waals surface area contributed by atoms with Gasteiger partial charge in [-0.1, -0.05) is 32.3 Å². The summed E-state index contributed by atoms with van der Waals surface area (Å²) in [7, 11) is 1.77. The minimum atomic E-state index is 0.794. The van der Waals surface area contributed by atoms with Crippen LogP contribution in [0.4, 0.5) is 0 Å². The normalized spacial score (nSPS) is 12.8. The molecule has 0 aromatic heterocycles. The third kappa shape index (κ3) is 6.41. The number of hydrogen-bond donors (Lipinski definition) is 0. The maximum atomic E-state index is 5.06. The third-order valence-electron chi connectivity index (χ3n) is 2.20. The smallest absolute Gasteiger partial charge is 0.0465 e. The summed E-state index contributed by atoms with van der Waals surface area (Å²) < 4.78 is 5.06. The van der Waals surface area contributed by atoms with Crippen molar-refractivity contribution in [3.8, 4) is 0 Å². The minimum Gasteiger partial charge on any atom is -0.385 e. The van der Waals surface area contributed by atoms with Gasteiger partial charge in [0.25, 0.3) is 0 Å². The molecule has 0 aliphatic carbocycles. The molecular weight excluding hydrogens is 148 g/mol. The van der Waals surface area contributed by atoms with E-state index in [1.54, 1.807) is 7.11 Å². The third-order valence-corrected chi connectivity index (χ3v) is 2.20. The Morgan fingerprint density at radius 3 is 2.67 bits per heavy atom. The van der Waals surface area contributed by atoms with Crippen molar-refractivity contribution in [3.63, 3.8) is 0 Å². The Morgan fingerprint density at radius 1 is 1.42 bits per heavy atom. The van der Waals surface area contributed by atoms with Crippen LogP contribution >= 0.6 is 0 Å². The maximum Gasteiger partial charge on any atom is 0.0465 e. The van der Waals surface area contributed by atoms with Crippen molar-refractivity contribution in [2.75, 3.05) is 13.7 Å². The van der Waals surface area contributed by atoms with Gasteiger partial charge in [0.15, 0.2) is 0 Å². The van der Waals surface area contributed by atoms with Crippen LogP contribution in [0.2, 0.25) is 0 Å². The van der Waals surface area contributed by atoms with Crippen LogP contribution in [0.3, 0.4) is 0 Å². The first kappa shape index (κ1) is 11.7. The largest absolute Gasteiger partial charge is 0.385 e. The number of hydrogen-bond acceptors (Lipinski definition) is 1. The van der Waals surface area contributed by atoms with Crippen LogP contribution in [0.1, 0.15) is 39.0 Å². The fourth-order valence-electron chi connectivity index (χ4n) is 1.39. The molecule has 12 heavy (non-hydrogen) atoms. The Kier molecular flexibility index (Phi) is 8.57. The number of allylic oxidation sites excluding steroid dienone is 1. The van der Waals surface area contributed by atoms with Crippen molar-refractivity contribution in [2.45, 2.75) is 39.0 Å². The van der Waals surface area contributed by atoms with Gasteiger partial charge in [0.1, 0.15) is 0 Å². The molecule has 0 amide bonds. The van der Waals surface area contributed by atoms with E-state index in [1.807, 2.05) is 6.08 Å². The Morgan fingerprint density at radius 2 is 2.17 bits per heavy atom. The first-order chi connectivity index (χ1) is 5.85. The predicted molar refractivity (Wildman–Crippen MR) is 54.3 cm³/mol. The molecule has 0 radical (unpaired) electrons. The highest BCUT2D eigenvalue weighted by Gasteiger charge is 2.05. The van der Waals surface area contributed by atoms with E-state index < -0.39 is 0 Å². The summed E-state index contributed by atoms with van der Waals surface area (Å²) in [6.45, 7) is 6.90. The lowest BCUT2D eigenvalue weighted by Gasteiger charge is -2.13. The quantitative estimate of drug-likeness (QED) is 0.507. The summed E-state index contributed by atoms with van der Waals surface area (Å²) in [5.41, 5.74) is 0. The van der Waals surface area contributed by atoms with E-state index in [1.165, 1.54) is 25.7 Å². The zero-order valence-electron chi connectivity index (χ0n) is 8.51. The van der Waals surface area contributed by atoms with Crippen molar-refractivity contribution in [1.29, 1.82) is 0 Å². The van der Waals surface area contributed by atoms with E-state index in [9.17, 15) is 0 Å². The van der Waals surface area contributed by atoms with Gasteiger partial charge in [0, 0.05) is 13.7 Å². The number of unbranched alkanes of at least 4 members (excludes halogenated alkanes) is 1. The minimum absolute atomic E-state index is 0.794. The van der Waals surface area contributed by atoms with Crippen LogP contribution in [-0.4, -0.2) is 13.7 Å². The number of ether oxygens (including phenoxy) is 1. The SMILES string of the molecule is C=CCC(CCCC)CCOC. The zero-order valence-corrected chi connectivity index (χ0v) is 8.51. The lowest BCUT2D eigenvalue weighted by Crippen LogP contribution is -2.03. The summed E-state index contributed by atoms with van der Waals surface area (Å²) in [4.78, 5) is 0. The van der Waals surface area contributed by atoms with Gasteiger partial charge in [-0.05, 0) is 18.8 Å². The summed E-state index contributed by atoms with van der Waals surface area (Å²) in [5, 5.41) is 0. The zero-order chi connectivity index (χ0) is 9.23. The molecule has 0 rings (SSSR count). The lowest BCUT2D eigenvalue weighted by molar-refractivity contribution is 0.174. The summed E-state index contributed by atoms with van der Waals surface area (Å²) in [6, 6.07) is 0. The fourth-order valence-corrected chi connectivity index (χ4v) is 1.39. The van der Waals surface area contributed by atoms with E-state index in [-0.39, 0.29) is 0 Å². The second kappa shape index (κ2) is 8.79. The van der Waals surface area contributed by atoms with Crippen LogP contribution in [0.25, 0.3) is 0 Å². The average Bonchev–Trinajstić information content (AvgIpc) is 2.10. The van der Waals surface area contributed by atoms with Gasteiger partial charge in [-0.3, -0.25) is 0 Å². The van der Waals surface area contributed by atoms with E-state index in [0.29, 0.717) is 0 Å². The van der Waals surface area contributed by atoms with Crippen LogP contribution in [0.15, 0.2) is 12.7 Å². The van der Waals surface area contributed by atoms with Gasteiger partial charge in [-0.15, -0.1) is 6.58 Å². The lowest BCUT2D eigenvalue weighted by atomic mass is 9.95. The van der Waals surface area contributed by atoms with Gasteiger partial charge >= 0.3 is 0 Å². The highest BCUT2D eigenvalue weighted by atomic mass is 16.5. The van der Waals surface area contributed by atoms with E-state index in [0.717, 1.165) is 18.9 Å². The molecule has 0 bridgehead atoms. The molecule has 1 unspecified atom stereocenters. The molecule has 0 saturated heterocycles. The standard InChI is InChI=1S/C11H22O/c1-4-6-8-11(7-5-2)9-10-12-3/h5,11H,2,4,6-10H2,1,3H3. The second-order valence-electron chi connectivity index (χ2n) is 3.31. The molecule has 0 saturated carbocycles. The van der Waals surface area contributed by atoms with Crippen LogP contribution in [0.5, 0.6) is 0 Å². The van der Waals surface area contributed by atoms with Crippen molar-refractivity contribution >= 4 is 0 Å². The van der Waals surface area contributed by atoms with Crippen LogP contribution in [-0.2, 0) is 4.74 Å². The molecule has 0 spiro atoms. The molecule has 0 aliphatic heterocycles. The molecule has 1 atom stereocenters. The molecule has 0 aromatic carbocycles. The Bertz CT molecular complexity index is 91.2. The topological polar surface area (TPSA) is 9.23 Å². The van der Waals surface area contributed by atoms with Gasteiger partial charge in [-0.2, -0.15) is 0 Å². The average molecular weight is 170 g/mol. The first-order valence-corrected chi connectivity index (χ1v) is 4.95. The monoisotopic (exact) mass is 170 g/mol. The van der Waals surface area contributed by atoms with E-state index in [2.05, 4.69) is 13.5 Å². The fraction of sp³-hybridized carbons (Fsp3) is 0.818. The summed E-state index contributed by atoms with van der Waals surface area (Å²) in [6.07, 6.45) is 8.30. The van der Waals surface area contributed by atoms with Crippen molar-refractivity contribution in [3.05, 3.63) is 12.7 Å². The number of rotatable bonds is 8. The highest BCUT2D eigenvalue weighted by molar-refractivity contribution is 4.73. The van der Waals surface area contributed by atoms with Crippen molar-refractivity contribution in [1.82, 2.24) is 0 Å². The molecule has 0 aliphatic rings. The predicted octanol–water partition coefficient (Wildman–Crippen LogP) is 3.41. The van der Waals surface area contributed by atoms with E-state index >= 15 is 0 Å². The van der Waals surface area contributed by atoms with Crippen molar-refractivity contribution < 1.29 is 4.74 Å². The molecule has 1 heteroatoms. The van der Waals surface area contributed by atoms with Crippen LogP contribution in [0, 0.1) is 5.92 Å². The van der Waals surface area contributed by atoms with Gasteiger partial charge in [0.2, 0.25) is 0 Å². The van der Waals surface area contributed by atoms with Gasteiger partial charge in [0.05, 0.1) is 0 Å². The van der Waals surface area contributed by atoms with Gasteiger partial charge < -0.3 is 4.74 Å². The van der Waals surface area contributed by atoms with E-state index in [4.69, 9.17) is 4.74 Å². The van der Waals surface area contributed by atoms with Gasteiger partial charge in [-0.25, -0.2) is 0 Å². The molecular formula is C11H22O. The molecule has 0 fully saturated rings.